The van der Waals surface area contributed by atoms with E-state index in [0.717, 1.165) is 12.8 Å². The molecular formula is C13H20N2O3. The Morgan fingerprint density at radius 2 is 2.00 bits per heavy atom. The number of amides is 2. The number of hydrogen-bond acceptors (Lipinski definition) is 3. The van der Waals surface area contributed by atoms with Crippen LogP contribution in [0.2, 0.25) is 0 Å². The van der Waals surface area contributed by atoms with Gasteiger partial charge in [-0.2, -0.15) is 0 Å². The first-order chi connectivity index (χ1) is 8.63. The molecule has 1 saturated heterocycles. The summed E-state index contributed by atoms with van der Waals surface area (Å²) in [6.45, 7) is 4.80. The van der Waals surface area contributed by atoms with E-state index >= 15 is 0 Å². The Hall–Kier alpha value is -1.36. The molecular weight excluding hydrogens is 232 g/mol. The number of ether oxygens (including phenoxy) is 1. The standard InChI is InChI=1S/C13H20N2O3/c1-3-12(16)14(2)7-13(17)15(10-5-4-6-10)11-8-18-9-11/h3,10-11H,1,4-9H2,2H3. The van der Waals surface area contributed by atoms with Gasteiger partial charge in [-0.25, -0.2) is 0 Å². The molecule has 5 nitrogen and oxygen atoms in total. The zero-order valence-corrected chi connectivity index (χ0v) is 10.8. The van der Waals surface area contributed by atoms with E-state index in [2.05, 4.69) is 6.58 Å². The Kier molecular flexibility index (Phi) is 4.01. The molecule has 2 aliphatic rings. The summed E-state index contributed by atoms with van der Waals surface area (Å²) in [5.41, 5.74) is 0. The average Bonchev–Trinajstić information content (AvgIpc) is 2.21. The SMILES string of the molecule is C=CC(=O)N(C)CC(=O)N(C1CCC1)C1COC1. The summed E-state index contributed by atoms with van der Waals surface area (Å²) in [4.78, 5) is 27.0. The van der Waals surface area contributed by atoms with E-state index in [0.29, 0.717) is 19.3 Å². The third-order valence-electron chi connectivity index (χ3n) is 3.69. The highest BCUT2D eigenvalue weighted by molar-refractivity contribution is 5.90. The lowest BCUT2D eigenvalue weighted by atomic mass is 9.90. The molecule has 0 aromatic rings. The molecule has 1 aliphatic heterocycles. The van der Waals surface area contributed by atoms with Gasteiger partial charge in [-0.15, -0.1) is 0 Å². The lowest BCUT2D eigenvalue weighted by Crippen LogP contribution is -2.59. The second-order valence-electron chi connectivity index (χ2n) is 4.98. The minimum Gasteiger partial charge on any atom is -0.377 e. The predicted octanol–water partition coefficient (Wildman–Crippen LogP) is 0.411. The van der Waals surface area contributed by atoms with Crippen LogP contribution in [-0.2, 0) is 14.3 Å². The van der Waals surface area contributed by atoms with Gasteiger partial charge in [0.25, 0.3) is 0 Å². The van der Waals surface area contributed by atoms with Crippen LogP contribution in [0.25, 0.3) is 0 Å². The summed E-state index contributed by atoms with van der Waals surface area (Å²) in [6.07, 6.45) is 4.56. The van der Waals surface area contributed by atoms with Crippen molar-refractivity contribution in [2.75, 3.05) is 26.8 Å². The van der Waals surface area contributed by atoms with Gasteiger partial charge in [0.1, 0.15) is 0 Å². The molecule has 18 heavy (non-hydrogen) atoms. The molecule has 0 unspecified atom stereocenters. The highest BCUT2D eigenvalue weighted by Crippen LogP contribution is 2.28. The first kappa shape index (κ1) is 13.1. The largest absolute Gasteiger partial charge is 0.377 e. The molecule has 0 atom stereocenters. The number of carbonyl (C=O) groups is 2. The van der Waals surface area contributed by atoms with E-state index in [-0.39, 0.29) is 24.4 Å². The fourth-order valence-corrected chi connectivity index (χ4v) is 2.27. The van der Waals surface area contributed by atoms with Gasteiger partial charge in [0.15, 0.2) is 0 Å². The average molecular weight is 252 g/mol. The first-order valence-electron chi connectivity index (χ1n) is 6.40. The zero-order chi connectivity index (χ0) is 13.1. The third-order valence-corrected chi connectivity index (χ3v) is 3.69. The number of carbonyl (C=O) groups excluding carboxylic acids is 2. The topological polar surface area (TPSA) is 49.9 Å². The van der Waals surface area contributed by atoms with Crippen molar-refractivity contribution in [3.8, 4) is 0 Å². The molecule has 0 aromatic heterocycles. The van der Waals surface area contributed by atoms with Crippen molar-refractivity contribution in [1.29, 1.82) is 0 Å². The van der Waals surface area contributed by atoms with Crippen LogP contribution in [0, 0.1) is 0 Å². The Balaban J connectivity index is 1.94. The molecule has 100 valence electrons. The van der Waals surface area contributed by atoms with Crippen molar-refractivity contribution in [2.45, 2.75) is 31.3 Å². The number of hydrogen-bond donors (Lipinski definition) is 0. The summed E-state index contributed by atoms with van der Waals surface area (Å²) in [7, 11) is 1.62. The van der Waals surface area contributed by atoms with Crippen molar-refractivity contribution < 1.29 is 14.3 Å². The number of nitrogens with zero attached hydrogens (tertiary/aromatic N) is 2. The fraction of sp³-hybridized carbons (Fsp3) is 0.692. The van der Waals surface area contributed by atoms with E-state index < -0.39 is 0 Å². The van der Waals surface area contributed by atoms with Gasteiger partial charge in [0.05, 0.1) is 25.8 Å². The van der Waals surface area contributed by atoms with Crippen LogP contribution in [-0.4, -0.2) is 60.5 Å². The maximum atomic E-state index is 12.3. The smallest absolute Gasteiger partial charge is 0.246 e. The van der Waals surface area contributed by atoms with Crippen molar-refractivity contribution >= 4 is 11.8 Å². The quantitative estimate of drug-likeness (QED) is 0.666. The Morgan fingerprint density at radius 3 is 2.39 bits per heavy atom. The van der Waals surface area contributed by atoms with Gasteiger partial charge in [-0.1, -0.05) is 6.58 Å². The summed E-state index contributed by atoms with van der Waals surface area (Å²) >= 11 is 0. The second-order valence-corrected chi connectivity index (χ2v) is 4.98. The van der Waals surface area contributed by atoms with Gasteiger partial charge in [0.2, 0.25) is 11.8 Å². The van der Waals surface area contributed by atoms with Crippen LogP contribution in [0.4, 0.5) is 0 Å². The highest BCUT2D eigenvalue weighted by atomic mass is 16.5. The van der Waals surface area contributed by atoms with Crippen LogP contribution in [0.5, 0.6) is 0 Å². The predicted molar refractivity (Wildman–Crippen MR) is 66.9 cm³/mol. The lowest BCUT2D eigenvalue weighted by molar-refractivity contribution is -0.155. The number of likely N-dealkylation sites (N-methyl/N-ethyl adjacent to an activating group) is 1. The minimum atomic E-state index is -0.221. The van der Waals surface area contributed by atoms with Crippen molar-refractivity contribution in [3.05, 3.63) is 12.7 Å². The normalized spacial score (nSPS) is 19.6. The summed E-state index contributed by atoms with van der Waals surface area (Å²) < 4.78 is 5.17. The molecule has 1 saturated carbocycles. The molecule has 2 amide bonds. The van der Waals surface area contributed by atoms with Crippen LogP contribution in [0.15, 0.2) is 12.7 Å². The maximum absolute atomic E-state index is 12.3. The van der Waals surface area contributed by atoms with Gasteiger partial charge < -0.3 is 14.5 Å². The van der Waals surface area contributed by atoms with Gasteiger partial charge >= 0.3 is 0 Å². The molecule has 0 aromatic carbocycles. The van der Waals surface area contributed by atoms with Crippen molar-refractivity contribution in [1.82, 2.24) is 9.80 Å². The van der Waals surface area contributed by atoms with Crippen molar-refractivity contribution in [3.63, 3.8) is 0 Å². The molecule has 0 spiro atoms. The van der Waals surface area contributed by atoms with E-state index in [1.807, 2.05) is 4.90 Å². The highest BCUT2D eigenvalue weighted by Gasteiger charge is 2.37. The Labute approximate surface area is 107 Å². The second kappa shape index (κ2) is 5.52. The summed E-state index contributed by atoms with van der Waals surface area (Å²) in [6, 6.07) is 0.550. The minimum absolute atomic E-state index is 0.0192. The Morgan fingerprint density at radius 1 is 1.33 bits per heavy atom. The Bertz CT molecular complexity index is 334. The summed E-state index contributed by atoms with van der Waals surface area (Å²) in [5.74, 6) is -0.201. The van der Waals surface area contributed by atoms with E-state index in [9.17, 15) is 9.59 Å². The molecule has 0 radical (unpaired) electrons. The molecule has 2 fully saturated rings. The molecule has 0 bridgehead atoms. The van der Waals surface area contributed by atoms with Crippen LogP contribution < -0.4 is 0 Å². The van der Waals surface area contributed by atoms with Crippen molar-refractivity contribution in [2.24, 2.45) is 0 Å². The molecule has 2 rings (SSSR count). The van der Waals surface area contributed by atoms with Gasteiger partial charge in [-0.05, 0) is 25.3 Å². The molecule has 5 heteroatoms. The third kappa shape index (κ3) is 2.56. The monoisotopic (exact) mass is 252 g/mol. The fourth-order valence-electron chi connectivity index (χ4n) is 2.27. The summed E-state index contributed by atoms with van der Waals surface area (Å²) in [5, 5.41) is 0. The van der Waals surface area contributed by atoms with Crippen LogP contribution in [0.1, 0.15) is 19.3 Å². The molecule has 1 heterocycles. The zero-order valence-electron chi connectivity index (χ0n) is 10.8. The molecule has 0 N–H and O–H groups in total. The maximum Gasteiger partial charge on any atom is 0.246 e. The van der Waals surface area contributed by atoms with Gasteiger partial charge in [-0.3, -0.25) is 9.59 Å². The number of rotatable bonds is 5. The van der Waals surface area contributed by atoms with E-state index in [4.69, 9.17) is 4.74 Å². The first-order valence-corrected chi connectivity index (χ1v) is 6.40. The van der Waals surface area contributed by atoms with E-state index in [1.54, 1.807) is 7.05 Å². The van der Waals surface area contributed by atoms with E-state index in [1.165, 1.54) is 17.4 Å². The van der Waals surface area contributed by atoms with Crippen LogP contribution >= 0.6 is 0 Å². The molecule has 1 aliphatic carbocycles. The van der Waals surface area contributed by atoms with Gasteiger partial charge in [0, 0.05) is 13.1 Å². The van der Waals surface area contributed by atoms with Crippen LogP contribution in [0.3, 0.4) is 0 Å². The lowest BCUT2D eigenvalue weighted by Gasteiger charge is -2.46.